The van der Waals surface area contributed by atoms with Gasteiger partial charge in [-0.1, -0.05) is 18.2 Å². The van der Waals surface area contributed by atoms with E-state index in [-0.39, 0.29) is 11.6 Å². The van der Waals surface area contributed by atoms with Gasteiger partial charge in [0.2, 0.25) is 0 Å². The topological polar surface area (TPSA) is 55.5 Å². The molecule has 0 unspecified atom stereocenters. The first-order valence-electron chi connectivity index (χ1n) is 12.1. The lowest BCUT2D eigenvalue weighted by atomic mass is 9.99. The van der Waals surface area contributed by atoms with E-state index in [4.69, 9.17) is 0 Å². The van der Waals surface area contributed by atoms with E-state index in [1.807, 2.05) is 36.3 Å². The number of hydrogen-bond donors (Lipinski definition) is 1. The lowest BCUT2D eigenvalue weighted by molar-refractivity contribution is -0.137. The van der Waals surface area contributed by atoms with Gasteiger partial charge in [-0.25, -0.2) is 4.98 Å². The van der Waals surface area contributed by atoms with E-state index in [0.717, 1.165) is 29.6 Å². The van der Waals surface area contributed by atoms with Gasteiger partial charge in [-0.15, -0.1) is 0 Å². The third-order valence-electron chi connectivity index (χ3n) is 6.86. The van der Waals surface area contributed by atoms with Crippen LogP contribution >= 0.6 is 0 Å². The fourth-order valence-electron chi connectivity index (χ4n) is 4.72. The van der Waals surface area contributed by atoms with Crippen molar-refractivity contribution in [1.29, 1.82) is 0 Å². The Labute approximate surface area is 213 Å². The molecule has 1 fully saturated rings. The van der Waals surface area contributed by atoms with Crippen molar-refractivity contribution in [2.75, 3.05) is 52.2 Å². The highest BCUT2D eigenvalue weighted by molar-refractivity contribution is 5.98. The number of H-pyrrole nitrogens is 1. The second-order valence-electron chi connectivity index (χ2n) is 9.62. The summed E-state index contributed by atoms with van der Waals surface area (Å²) in [4.78, 5) is 25.3. The van der Waals surface area contributed by atoms with Crippen LogP contribution in [0.4, 0.5) is 18.9 Å². The third kappa shape index (κ3) is 4.91. The average molecular weight is 508 g/mol. The molecule has 2 aromatic heterocycles. The molecule has 1 saturated heterocycles. The molecule has 0 radical (unpaired) electrons. The molecule has 1 aliphatic rings. The number of amides is 1. The van der Waals surface area contributed by atoms with Crippen molar-refractivity contribution in [3.8, 4) is 22.3 Å². The van der Waals surface area contributed by atoms with Gasteiger partial charge in [0.1, 0.15) is 5.65 Å². The van der Waals surface area contributed by atoms with E-state index >= 15 is 0 Å². The van der Waals surface area contributed by atoms with Crippen LogP contribution in [0.15, 0.2) is 60.9 Å². The lowest BCUT2D eigenvalue weighted by Crippen LogP contribution is -2.45. The first-order valence-corrected chi connectivity index (χ1v) is 12.1. The first-order chi connectivity index (χ1) is 17.6. The summed E-state index contributed by atoms with van der Waals surface area (Å²) >= 11 is 0. The first kappa shape index (κ1) is 24.8. The van der Waals surface area contributed by atoms with Crippen LogP contribution < -0.4 is 4.90 Å². The Morgan fingerprint density at radius 1 is 0.946 bits per heavy atom. The van der Waals surface area contributed by atoms with Crippen LogP contribution in [0.5, 0.6) is 0 Å². The summed E-state index contributed by atoms with van der Waals surface area (Å²) in [6, 6.07) is 13.6. The van der Waals surface area contributed by atoms with Crippen molar-refractivity contribution >= 4 is 22.6 Å². The van der Waals surface area contributed by atoms with Gasteiger partial charge < -0.3 is 19.7 Å². The van der Waals surface area contributed by atoms with Crippen LogP contribution in [-0.2, 0) is 6.18 Å². The van der Waals surface area contributed by atoms with Crippen LogP contribution in [0.25, 0.3) is 33.3 Å². The number of fused-ring (bicyclic) bond motifs is 1. The highest BCUT2D eigenvalue weighted by Crippen LogP contribution is 2.40. The van der Waals surface area contributed by atoms with Gasteiger partial charge in [-0.2, -0.15) is 13.2 Å². The lowest BCUT2D eigenvalue weighted by Gasteiger charge is -2.35. The number of nitrogens with zero attached hydrogens (tertiary/aromatic N) is 4. The van der Waals surface area contributed by atoms with Crippen LogP contribution in [0.3, 0.4) is 0 Å². The van der Waals surface area contributed by atoms with Crippen molar-refractivity contribution < 1.29 is 18.0 Å². The molecule has 1 amide bonds. The fraction of sp³-hybridized carbons (Fsp3) is 0.286. The number of pyridine rings is 1. The van der Waals surface area contributed by atoms with Crippen molar-refractivity contribution in [3.05, 3.63) is 72.1 Å². The number of hydrogen-bond acceptors (Lipinski definition) is 4. The Morgan fingerprint density at radius 2 is 1.62 bits per heavy atom. The quantitative estimate of drug-likeness (QED) is 0.404. The van der Waals surface area contributed by atoms with Crippen molar-refractivity contribution in [2.45, 2.75) is 6.18 Å². The second kappa shape index (κ2) is 9.55. The largest absolute Gasteiger partial charge is 0.418 e. The summed E-state index contributed by atoms with van der Waals surface area (Å²) in [7, 11) is 5.37. The van der Waals surface area contributed by atoms with Crippen LogP contribution in [-0.4, -0.2) is 73.0 Å². The second-order valence-corrected chi connectivity index (χ2v) is 9.62. The molecule has 3 heterocycles. The van der Waals surface area contributed by atoms with Crippen molar-refractivity contribution in [2.24, 2.45) is 0 Å². The Balaban J connectivity index is 1.52. The molecule has 0 saturated carbocycles. The zero-order valence-corrected chi connectivity index (χ0v) is 20.9. The number of aromatic nitrogens is 2. The maximum absolute atomic E-state index is 14.1. The normalized spacial score (nSPS) is 14.8. The monoisotopic (exact) mass is 507 g/mol. The molecule has 5 rings (SSSR count). The number of rotatable bonds is 4. The summed E-state index contributed by atoms with van der Waals surface area (Å²) in [5.41, 5.74) is 3.59. The number of anilines is 1. The van der Waals surface area contributed by atoms with Crippen LogP contribution in [0.1, 0.15) is 15.9 Å². The average Bonchev–Trinajstić information content (AvgIpc) is 3.31. The van der Waals surface area contributed by atoms with E-state index in [1.165, 1.54) is 11.0 Å². The van der Waals surface area contributed by atoms with Gasteiger partial charge in [0.15, 0.2) is 0 Å². The van der Waals surface area contributed by atoms with E-state index in [9.17, 15) is 18.0 Å². The molecule has 37 heavy (non-hydrogen) atoms. The van der Waals surface area contributed by atoms with Gasteiger partial charge in [-0.3, -0.25) is 4.79 Å². The number of likely N-dealkylation sites (N-methyl/N-ethyl adjacent to an activating group) is 1. The molecule has 192 valence electrons. The number of benzene rings is 2. The highest BCUT2D eigenvalue weighted by atomic mass is 19.4. The molecule has 0 aliphatic carbocycles. The number of carbonyl (C=O) groups is 1. The van der Waals surface area contributed by atoms with Gasteiger partial charge in [-0.05, 0) is 48.5 Å². The van der Waals surface area contributed by atoms with Gasteiger partial charge in [0, 0.05) is 80.4 Å². The number of aromatic amines is 1. The SMILES string of the molecule is CN1CCN(c2ccc(-c3cnc4[nH]cc(-c5ccc(C(=O)N(C)C)cc5)c4c3)cc2C(F)(F)F)CC1. The van der Waals surface area contributed by atoms with Gasteiger partial charge in [0.05, 0.1) is 5.56 Å². The molecular weight excluding hydrogens is 479 g/mol. The van der Waals surface area contributed by atoms with Gasteiger partial charge in [0.25, 0.3) is 5.91 Å². The van der Waals surface area contributed by atoms with E-state index in [2.05, 4.69) is 14.9 Å². The molecule has 4 aromatic rings. The summed E-state index contributed by atoms with van der Waals surface area (Å²) in [5.74, 6) is -0.0880. The standard InChI is InChI=1S/C28H28F3N5O/c1-34(2)27(37)19-6-4-18(5-7-19)23-17-33-26-22(23)14-21(16-32-26)20-8-9-25(24(15-20)28(29,30)31)36-12-10-35(3)11-13-36/h4-9,14-17H,10-13H2,1-3H3,(H,32,33). The number of alkyl halides is 3. The molecule has 2 aromatic carbocycles. The Hall–Kier alpha value is -3.85. The zero-order chi connectivity index (χ0) is 26.3. The number of nitrogens with one attached hydrogen (secondary N) is 1. The van der Waals surface area contributed by atoms with Crippen molar-refractivity contribution in [3.63, 3.8) is 0 Å². The molecule has 0 atom stereocenters. The van der Waals surface area contributed by atoms with Crippen LogP contribution in [0, 0.1) is 0 Å². The molecule has 0 bridgehead atoms. The predicted octanol–water partition coefficient (Wildman–Crippen LogP) is 5.37. The number of carbonyl (C=O) groups excluding carboxylic acids is 1. The number of halogens is 3. The summed E-state index contributed by atoms with van der Waals surface area (Å²) in [5, 5.41) is 0.792. The summed E-state index contributed by atoms with van der Waals surface area (Å²) < 4.78 is 42.4. The Bertz CT molecular complexity index is 1430. The van der Waals surface area contributed by atoms with Crippen molar-refractivity contribution in [1.82, 2.24) is 19.8 Å². The van der Waals surface area contributed by atoms with Crippen LogP contribution in [0.2, 0.25) is 0 Å². The maximum atomic E-state index is 14.1. The Morgan fingerprint density at radius 3 is 2.27 bits per heavy atom. The Kier molecular flexibility index (Phi) is 6.41. The minimum absolute atomic E-state index is 0.0880. The van der Waals surface area contributed by atoms with E-state index in [1.54, 1.807) is 44.6 Å². The smallest absolute Gasteiger partial charge is 0.368 e. The summed E-state index contributed by atoms with van der Waals surface area (Å²) in [6.07, 6.45) is -1.06. The minimum Gasteiger partial charge on any atom is -0.368 e. The molecule has 9 heteroatoms. The highest BCUT2D eigenvalue weighted by Gasteiger charge is 2.36. The fourth-order valence-corrected chi connectivity index (χ4v) is 4.72. The summed E-state index contributed by atoms with van der Waals surface area (Å²) in [6.45, 7) is 2.55. The molecule has 6 nitrogen and oxygen atoms in total. The minimum atomic E-state index is -4.47. The van der Waals surface area contributed by atoms with Gasteiger partial charge >= 0.3 is 6.18 Å². The number of piperazine rings is 1. The molecular formula is C28H28F3N5O. The maximum Gasteiger partial charge on any atom is 0.418 e. The predicted molar refractivity (Wildman–Crippen MR) is 140 cm³/mol. The zero-order valence-electron chi connectivity index (χ0n) is 20.9. The third-order valence-corrected chi connectivity index (χ3v) is 6.86. The molecule has 0 spiro atoms. The van der Waals surface area contributed by atoms with E-state index < -0.39 is 11.7 Å². The molecule has 1 aliphatic heterocycles. The molecule has 1 N–H and O–H groups in total. The van der Waals surface area contributed by atoms with E-state index in [0.29, 0.717) is 35.4 Å².